The number of ether oxygens (including phenoxy) is 2. The number of amides is 2. The Labute approximate surface area is 209 Å². The van der Waals surface area contributed by atoms with Gasteiger partial charge in [0.2, 0.25) is 5.91 Å². The minimum atomic E-state index is -1.17. The van der Waals surface area contributed by atoms with Gasteiger partial charge in [0.25, 0.3) is 0 Å². The Hall–Kier alpha value is -4.17. The number of nitrogens with one attached hydrogen (secondary N) is 2. The van der Waals surface area contributed by atoms with Crippen LogP contribution in [-0.4, -0.2) is 48.9 Å². The van der Waals surface area contributed by atoms with E-state index in [4.69, 9.17) is 9.47 Å². The predicted molar refractivity (Wildman–Crippen MR) is 133 cm³/mol. The number of aliphatic hydroxyl groups excluding tert-OH is 1. The third kappa shape index (κ3) is 5.72. The molecule has 3 aromatic rings. The molecule has 4 rings (SSSR count). The lowest BCUT2D eigenvalue weighted by Crippen LogP contribution is -2.47. The Morgan fingerprint density at radius 2 is 1.47 bits per heavy atom. The van der Waals surface area contributed by atoms with E-state index in [0.717, 1.165) is 27.8 Å². The van der Waals surface area contributed by atoms with Crippen LogP contribution >= 0.6 is 0 Å². The molecule has 8 nitrogen and oxygen atoms in total. The molecule has 8 heteroatoms. The van der Waals surface area contributed by atoms with E-state index in [1.807, 2.05) is 78.9 Å². The number of rotatable bonds is 9. The first-order valence-corrected chi connectivity index (χ1v) is 11.7. The molecule has 2 amide bonds. The van der Waals surface area contributed by atoms with Gasteiger partial charge in [0.15, 0.2) is 0 Å². The van der Waals surface area contributed by atoms with E-state index < -0.39 is 36.0 Å². The van der Waals surface area contributed by atoms with Crippen molar-refractivity contribution < 1.29 is 29.0 Å². The number of hydrogen-bond acceptors (Lipinski definition) is 6. The van der Waals surface area contributed by atoms with Crippen LogP contribution in [0.1, 0.15) is 29.0 Å². The van der Waals surface area contributed by atoms with Crippen LogP contribution in [0.2, 0.25) is 0 Å². The van der Waals surface area contributed by atoms with Crippen LogP contribution in [0.15, 0.2) is 78.9 Å². The zero-order valence-electron chi connectivity index (χ0n) is 19.8. The standard InChI is InChI=1S/C28H28N2O6/c1-35-27(33)26(25-22-13-7-5-11-20(22)21-12-6-8-14-23(21)25)30-24(32)15-19(31)16-29-28(34)36-17-18-9-3-2-4-10-18/h2-14,19,25-26,31H,15-17H2,1H3,(H,29,34)(H,30,32)/t19-,26+/m0/s1. The maximum absolute atomic E-state index is 12.8. The van der Waals surface area contributed by atoms with Crippen molar-refractivity contribution in [3.05, 3.63) is 95.6 Å². The number of fused-ring (bicyclic) bond motifs is 3. The molecule has 3 N–H and O–H groups in total. The molecule has 2 atom stereocenters. The summed E-state index contributed by atoms with van der Waals surface area (Å²) in [4.78, 5) is 37.5. The molecule has 1 aliphatic carbocycles. The molecule has 3 aromatic carbocycles. The first-order chi connectivity index (χ1) is 17.5. The van der Waals surface area contributed by atoms with Gasteiger partial charge in [-0.1, -0.05) is 78.9 Å². The van der Waals surface area contributed by atoms with Gasteiger partial charge in [0, 0.05) is 12.5 Å². The fraction of sp³-hybridized carbons (Fsp3) is 0.250. The second-order valence-electron chi connectivity index (χ2n) is 8.52. The van der Waals surface area contributed by atoms with E-state index >= 15 is 0 Å². The zero-order valence-corrected chi connectivity index (χ0v) is 19.8. The Bertz CT molecular complexity index is 1180. The zero-order chi connectivity index (χ0) is 25.5. The molecule has 0 saturated carbocycles. The van der Waals surface area contributed by atoms with Gasteiger partial charge in [0.05, 0.1) is 19.6 Å². The number of methoxy groups -OCH3 is 1. The molecular weight excluding hydrogens is 460 g/mol. The largest absolute Gasteiger partial charge is 0.467 e. The van der Waals surface area contributed by atoms with Crippen LogP contribution in [0.3, 0.4) is 0 Å². The quantitative estimate of drug-likeness (QED) is 0.399. The predicted octanol–water partition coefficient (Wildman–Crippen LogP) is 3.13. The van der Waals surface area contributed by atoms with Crippen LogP contribution in [0.4, 0.5) is 4.79 Å². The van der Waals surface area contributed by atoms with Crippen molar-refractivity contribution in [3.8, 4) is 11.1 Å². The average Bonchev–Trinajstić information content (AvgIpc) is 3.24. The lowest BCUT2D eigenvalue weighted by atomic mass is 9.89. The van der Waals surface area contributed by atoms with Gasteiger partial charge < -0.3 is 25.2 Å². The molecule has 0 fully saturated rings. The molecule has 0 unspecified atom stereocenters. The topological polar surface area (TPSA) is 114 Å². The van der Waals surface area contributed by atoms with E-state index in [0.29, 0.717) is 0 Å². The number of hydrogen-bond donors (Lipinski definition) is 3. The van der Waals surface area contributed by atoms with Crippen molar-refractivity contribution in [2.24, 2.45) is 0 Å². The monoisotopic (exact) mass is 488 g/mol. The fourth-order valence-electron chi connectivity index (χ4n) is 4.45. The summed E-state index contributed by atoms with van der Waals surface area (Å²) in [5.74, 6) is -1.56. The van der Waals surface area contributed by atoms with Crippen molar-refractivity contribution in [1.29, 1.82) is 0 Å². The molecule has 0 aliphatic heterocycles. The highest BCUT2D eigenvalue weighted by Crippen LogP contribution is 2.46. The summed E-state index contributed by atoms with van der Waals surface area (Å²) < 4.78 is 10.1. The van der Waals surface area contributed by atoms with Crippen LogP contribution in [0.25, 0.3) is 11.1 Å². The van der Waals surface area contributed by atoms with Crippen molar-refractivity contribution in [1.82, 2.24) is 10.6 Å². The summed E-state index contributed by atoms with van der Waals surface area (Å²) >= 11 is 0. The number of alkyl carbamates (subject to hydrolysis) is 1. The number of benzene rings is 3. The maximum atomic E-state index is 12.8. The fourth-order valence-corrected chi connectivity index (χ4v) is 4.45. The molecule has 0 saturated heterocycles. The summed E-state index contributed by atoms with van der Waals surface area (Å²) in [5.41, 5.74) is 4.66. The third-order valence-electron chi connectivity index (χ3n) is 6.10. The molecule has 0 spiro atoms. The summed E-state index contributed by atoms with van der Waals surface area (Å²) in [6.07, 6.45) is -2.19. The van der Waals surface area contributed by atoms with E-state index in [9.17, 15) is 19.5 Å². The number of esters is 1. The Morgan fingerprint density at radius 1 is 0.889 bits per heavy atom. The van der Waals surface area contributed by atoms with E-state index in [2.05, 4.69) is 10.6 Å². The normalized spacial score (nSPS) is 13.6. The molecule has 0 heterocycles. The Balaban J connectivity index is 1.37. The molecule has 186 valence electrons. The van der Waals surface area contributed by atoms with Gasteiger partial charge in [-0.15, -0.1) is 0 Å². The molecular formula is C28H28N2O6. The molecule has 36 heavy (non-hydrogen) atoms. The van der Waals surface area contributed by atoms with Gasteiger partial charge in [0.1, 0.15) is 12.6 Å². The van der Waals surface area contributed by atoms with Crippen molar-refractivity contribution in [3.63, 3.8) is 0 Å². The third-order valence-corrected chi connectivity index (χ3v) is 6.10. The summed E-state index contributed by atoms with van der Waals surface area (Å²) in [6.45, 7) is -0.0899. The highest BCUT2D eigenvalue weighted by molar-refractivity contribution is 5.89. The van der Waals surface area contributed by atoms with Crippen LogP contribution in [0.5, 0.6) is 0 Å². The van der Waals surface area contributed by atoms with Gasteiger partial charge in [-0.05, 0) is 27.8 Å². The van der Waals surface area contributed by atoms with Crippen LogP contribution in [-0.2, 0) is 25.7 Å². The highest BCUT2D eigenvalue weighted by Gasteiger charge is 2.39. The smallest absolute Gasteiger partial charge is 0.407 e. The second-order valence-corrected chi connectivity index (χ2v) is 8.52. The molecule has 0 radical (unpaired) electrons. The van der Waals surface area contributed by atoms with Crippen molar-refractivity contribution in [2.75, 3.05) is 13.7 Å². The Morgan fingerprint density at radius 3 is 2.08 bits per heavy atom. The number of aliphatic hydroxyl groups is 1. The lowest BCUT2D eigenvalue weighted by Gasteiger charge is -2.25. The molecule has 1 aliphatic rings. The minimum absolute atomic E-state index is 0.0917. The van der Waals surface area contributed by atoms with E-state index in [-0.39, 0.29) is 19.6 Å². The van der Waals surface area contributed by atoms with Crippen molar-refractivity contribution >= 4 is 18.0 Å². The van der Waals surface area contributed by atoms with E-state index in [1.54, 1.807) is 0 Å². The summed E-state index contributed by atoms with van der Waals surface area (Å²) in [6, 6.07) is 23.7. The van der Waals surface area contributed by atoms with Crippen molar-refractivity contribution in [2.45, 2.75) is 31.1 Å². The van der Waals surface area contributed by atoms with Gasteiger partial charge >= 0.3 is 12.1 Å². The highest BCUT2D eigenvalue weighted by atomic mass is 16.5. The van der Waals surface area contributed by atoms with Crippen LogP contribution in [0, 0.1) is 0 Å². The molecule has 0 bridgehead atoms. The lowest BCUT2D eigenvalue weighted by molar-refractivity contribution is -0.145. The van der Waals surface area contributed by atoms with Gasteiger partial charge in [-0.25, -0.2) is 9.59 Å². The van der Waals surface area contributed by atoms with Gasteiger partial charge in [-0.2, -0.15) is 0 Å². The van der Waals surface area contributed by atoms with E-state index in [1.165, 1.54) is 7.11 Å². The molecule has 0 aromatic heterocycles. The SMILES string of the molecule is COC(=O)[C@H](NC(=O)C[C@H](O)CNC(=O)OCc1ccccc1)C1c2ccccc2-c2ccccc21. The van der Waals surface area contributed by atoms with Gasteiger partial charge in [-0.3, -0.25) is 4.79 Å². The minimum Gasteiger partial charge on any atom is -0.467 e. The van der Waals surface area contributed by atoms with Crippen LogP contribution < -0.4 is 10.6 Å². The Kier molecular flexibility index (Phi) is 7.97. The number of carbonyl (C=O) groups excluding carboxylic acids is 3. The number of carbonyl (C=O) groups is 3. The maximum Gasteiger partial charge on any atom is 0.407 e. The summed E-state index contributed by atoms with van der Waals surface area (Å²) in [5, 5.41) is 15.5. The average molecular weight is 489 g/mol. The first kappa shape index (κ1) is 24.9. The second kappa shape index (κ2) is 11.5. The first-order valence-electron chi connectivity index (χ1n) is 11.7. The summed E-state index contributed by atoms with van der Waals surface area (Å²) in [7, 11) is 1.27.